The minimum absolute atomic E-state index is 0. The lowest BCUT2D eigenvalue weighted by atomic mass is 10.1. The maximum Gasteiger partial charge on any atom is 0.231 e. The van der Waals surface area contributed by atoms with E-state index in [1.807, 2.05) is 13.1 Å². The molecule has 1 saturated heterocycles. The number of guanidine groups is 1. The number of nitrogens with one attached hydrogen (secondary N) is 3. The van der Waals surface area contributed by atoms with Gasteiger partial charge in [-0.25, -0.2) is 4.39 Å². The Morgan fingerprint density at radius 2 is 2.14 bits per heavy atom. The Labute approximate surface area is 187 Å². The smallest absolute Gasteiger partial charge is 0.231 e. The highest BCUT2D eigenvalue weighted by Crippen LogP contribution is 2.19. The van der Waals surface area contributed by atoms with Crippen molar-refractivity contribution in [2.75, 3.05) is 32.7 Å². The highest BCUT2D eigenvalue weighted by atomic mass is 127. The van der Waals surface area contributed by atoms with Crippen molar-refractivity contribution < 1.29 is 9.18 Å². The Morgan fingerprint density at radius 3 is 2.83 bits per heavy atom. The summed E-state index contributed by atoms with van der Waals surface area (Å²) in [5.41, 5.74) is 7.27. The number of hydrogen-bond acceptors (Lipinski definition) is 3. The molecule has 7 nitrogen and oxygen atoms in total. The van der Waals surface area contributed by atoms with Crippen LogP contribution in [0.5, 0.6) is 0 Å². The van der Waals surface area contributed by atoms with E-state index in [9.17, 15) is 9.18 Å². The van der Waals surface area contributed by atoms with Crippen LogP contribution in [0.25, 0.3) is 10.9 Å². The first kappa shape index (κ1) is 23.4. The molecular weight excluding hydrogens is 486 g/mol. The number of aliphatic imine (C=N–C) groups is 1. The number of aromatic nitrogens is 1. The number of primary amides is 1. The van der Waals surface area contributed by atoms with Crippen molar-refractivity contribution in [3.8, 4) is 0 Å². The van der Waals surface area contributed by atoms with Gasteiger partial charge in [0.25, 0.3) is 0 Å². The number of fused-ring (bicyclic) bond motifs is 1. The molecule has 9 heteroatoms. The number of carbonyl (C=O) groups excluding carboxylic acids is 1. The van der Waals surface area contributed by atoms with Crippen LogP contribution in [0.1, 0.15) is 25.3 Å². The summed E-state index contributed by atoms with van der Waals surface area (Å²) in [6, 6.07) is 5.11. The van der Waals surface area contributed by atoms with E-state index >= 15 is 0 Å². The molecule has 1 fully saturated rings. The Kier molecular flexibility index (Phi) is 9.15. The average molecular weight is 516 g/mol. The fourth-order valence-electron chi connectivity index (χ4n) is 3.61. The Morgan fingerprint density at radius 1 is 1.38 bits per heavy atom. The first-order valence-electron chi connectivity index (χ1n) is 9.86. The second-order valence-corrected chi connectivity index (χ2v) is 7.18. The highest BCUT2D eigenvalue weighted by molar-refractivity contribution is 14.0. The number of nitrogens with two attached hydrogens (primary N) is 1. The van der Waals surface area contributed by atoms with Crippen LogP contribution in [0.4, 0.5) is 4.39 Å². The van der Waals surface area contributed by atoms with E-state index in [4.69, 9.17) is 5.73 Å². The number of likely N-dealkylation sites (tertiary alicyclic amines) is 1. The van der Waals surface area contributed by atoms with Crippen LogP contribution in [0.2, 0.25) is 0 Å². The maximum absolute atomic E-state index is 13.5. The number of rotatable bonds is 7. The zero-order valence-electron chi connectivity index (χ0n) is 16.7. The van der Waals surface area contributed by atoms with Crippen molar-refractivity contribution in [1.29, 1.82) is 0 Å². The van der Waals surface area contributed by atoms with Crippen molar-refractivity contribution in [2.45, 2.75) is 32.2 Å². The van der Waals surface area contributed by atoms with Crippen molar-refractivity contribution in [3.05, 3.63) is 35.8 Å². The van der Waals surface area contributed by atoms with E-state index in [0.717, 1.165) is 61.3 Å². The highest BCUT2D eigenvalue weighted by Gasteiger charge is 2.20. The largest absolute Gasteiger partial charge is 0.369 e. The molecule has 0 spiro atoms. The van der Waals surface area contributed by atoms with Gasteiger partial charge in [-0.05, 0) is 49.9 Å². The van der Waals surface area contributed by atoms with Gasteiger partial charge in [0.15, 0.2) is 5.96 Å². The number of amides is 1. The predicted octanol–water partition coefficient (Wildman–Crippen LogP) is 1.97. The second kappa shape index (κ2) is 11.3. The number of carbonyl (C=O) groups is 1. The summed E-state index contributed by atoms with van der Waals surface area (Å²) < 4.78 is 13.5. The Bertz CT molecular complexity index is 831. The van der Waals surface area contributed by atoms with E-state index in [1.165, 1.54) is 6.07 Å². The zero-order chi connectivity index (χ0) is 19.9. The van der Waals surface area contributed by atoms with E-state index in [2.05, 4.69) is 25.5 Å². The molecule has 0 atom stereocenters. The van der Waals surface area contributed by atoms with E-state index in [-0.39, 0.29) is 35.7 Å². The number of halogens is 2. The molecule has 1 aromatic heterocycles. The van der Waals surface area contributed by atoms with Gasteiger partial charge in [-0.15, -0.1) is 24.0 Å². The molecule has 0 radical (unpaired) electrons. The van der Waals surface area contributed by atoms with E-state index in [0.29, 0.717) is 19.1 Å². The molecule has 2 heterocycles. The summed E-state index contributed by atoms with van der Waals surface area (Å²) in [7, 11) is 0. The third-order valence-electron chi connectivity index (χ3n) is 5.03. The Hall–Kier alpha value is -1.88. The lowest BCUT2D eigenvalue weighted by molar-refractivity contribution is -0.119. The number of hydrogen-bond donors (Lipinski definition) is 4. The number of nitrogens with zero attached hydrogens (tertiary/aromatic N) is 2. The molecule has 0 unspecified atom stereocenters. The summed E-state index contributed by atoms with van der Waals surface area (Å²) >= 11 is 0. The number of benzene rings is 1. The maximum atomic E-state index is 13.5. The van der Waals surface area contributed by atoms with Crippen LogP contribution < -0.4 is 16.4 Å². The van der Waals surface area contributed by atoms with Crippen LogP contribution in [0, 0.1) is 5.82 Å². The molecule has 2 aromatic rings. The van der Waals surface area contributed by atoms with E-state index in [1.54, 1.807) is 12.1 Å². The van der Waals surface area contributed by atoms with Crippen LogP contribution in [-0.4, -0.2) is 60.5 Å². The van der Waals surface area contributed by atoms with Gasteiger partial charge in [-0.1, -0.05) is 0 Å². The van der Waals surface area contributed by atoms with Crippen LogP contribution in [-0.2, 0) is 11.2 Å². The van der Waals surface area contributed by atoms with Crippen molar-refractivity contribution in [3.63, 3.8) is 0 Å². The molecule has 1 amide bonds. The van der Waals surface area contributed by atoms with Crippen molar-refractivity contribution in [2.24, 2.45) is 10.7 Å². The van der Waals surface area contributed by atoms with E-state index < -0.39 is 0 Å². The first-order chi connectivity index (χ1) is 13.5. The van der Waals surface area contributed by atoms with Crippen molar-refractivity contribution >= 4 is 46.7 Å². The topological polar surface area (TPSA) is 98.5 Å². The number of H-pyrrole nitrogens is 1. The average Bonchev–Trinajstić information content (AvgIpc) is 3.05. The van der Waals surface area contributed by atoms with Gasteiger partial charge < -0.3 is 21.4 Å². The molecule has 1 aromatic carbocycles. The number of piperidine rings is 1. The molecule has 5 N–H and O–H groups in total. The fraction of sp³-hybridized carbons (Fsp3) is 0.500. The molecule has 1 aliphatic rings. The first-order valence-corrected chi connectivity index (χ1v) is 9.86. The monoisotopic (exact) mass is 516 g/mol. The summed E-state index contributed by atoms with van der Waals surface area (Å²) in [6.45, 7) is 5.45. The third kappa shape index (κ3) is 6.84. The number of aromatic amines is 1. The summed E-state index contributed by atoms with van der Waals surface area (Å²) in [4.78, 5) is 21.0. The standard InChI is InChI=1S/C20H29FN6O.HI/c1-2-23-20(26-16-6-9-27(10-7-16)13-19(22)28)24-8-5-14-12-25-18-4-3-15(21)11-17(14)18;/h3-4,11-12,16,25H,2,5-10,13H2,1H3,(H2,22,28)(H2,23,24,26);1H. The van der Waals surface area contributed by atoms with Gasteiger partial charge in [0.05, 0.1) is 6.54 Å². The van der Waals surface area contributed by atoms with Gasteiger partial charge in [0.2, 0.25) is 5.91 Å². The molecule has 1 aliphatic heterocycles. The van der Waals surface area contributed by atoms with Crippen LogP contribution in [0.15, 0.2) is 29.4 Å². The molecular formula is C20H30FIN6O. The van der Waals surface area contributed by atoms with Gasteiger partial charge in [0, 0.05) is 49.3 Å². The third-order valence-corrected chi connectivity index (χ3v) is 5.03. The molecule has 0 aliphatic carbocycles. The second-order valence-electron chi connectivity index (χ2n) is 7.18. The molecule has 29 heavy (non-hydrogen) atoms. The normalized spacial score (nSPS) is 15.9. The molecule has 160 valence electrons. The Balaban J connectivity index is 0.00000300. The van der Waals surface area contributed by atoms with Gasteiger partial charge >= 0.3 is 0 Å². The van der Waals surface area contributed by atoms with Crippen molar-refractivity contribution in [1.82, 2.24) is 20.5 Å². The summed E-state index contributed by atoms with van der Waals surface area (Å²) in [5, 5.41) is 7.68. The minimum atomic E-state index is -0.279. The fourth-order valence-corrected chi connectivity index (χ4v) is 3.61. The summed E-state index contributed by atoms with van der Waals surface area (Å²) in [6.07, 6.45) is 4.55. The van der Waals surface area contributed by atoms with Crippen LogP contribution in [0.3, 0.4) is 0 Å². The van der Waals surface area contributed by atoms with Gasteiger partial charge in [-0.2, -0.15) is 0 Å². The zero-order valence-corrected chi connectivity index (χ0v) is 19.0. The van der Waals surface area contributed by atoms with Gasteiger partial charge in [0.1, 0.15) is 5.82 Å². The predicted molar refractivity (Wildman–Crippen MR) is 125 cm³/mol. The molecule has 0 bridgehead atoms. The minimum Gasteiger partial charge on any atom is -0.369 e. The summed E-state index contributed by atoms with van der Waals surface area (Å²) in [5.74, 6) is 0.287. The molecule has 0 saturated carbocycles. The SMILES string of the molecule is CCNC(=NCCc1c[nH]c2ccc(F)cc12)NC1CCN(CC(N)=O)CC1.I. The molecule has 3 rings (SSSR count). The lowest BCUT2D eigenvalue weighted by Crippen LogP contribution is -2.49. The quantitative estimate of drug-likeness (QED) is 0.257. The van der Waals surface area contributed by atoms with Crippen LogP contribution >= 0.6 is 24.0 Å². The van der Waals surface area contributed by atoms with Gasteiger partial charge in [-0.3, -0.25) is 14.7 Å². The lowest BCUT2D eigenvalue weighted by Gasteiger charge is -2.32.